The number of benzene rings is 1. The number of nitrogens with one attached hydrogen (secondary N) is 2. The third-order valence-corrected chi connectivity index (χ3v) is 4.12. The molecule has 0 saturated heterocycles. The maximum atomic E-state index is 12.0. The van der Waals surface area contributed by atoms with Crippen LogP contribution < -0.4 is 10.2 Å². The van der Waals surface area contributed by atoms with Crippen molar-refractivity contribution in [2.24, 2.45) is 0 Å². The minimum Gasteiger partial charge on any atom is -0.338 e. The van der Waals surface area contributed by atoms with Crippen LogP contribution in [0.3, 0.4) is 0 Å². The molecule has 0 radical (unpaired) electrons. The Balaban J connectivity index is 2.47. The van der Waals surface area contributed by atoms with Crippen LogP contribution in [0.4, 0.5) is 5.69 Å². The Labute approximate surface area is 139 Å². The van der Waals surface area contributed by atoms with Gasteiger partial charge in [-0.25, -0.2) is 0 Å². The standard InChI is InChI=1S/C15H22IN3O2/c1-4-19(5-2)15(21)11-18(3)10-14(20)17-13-9-7-6-8-12(13)16/h6-9H,4-5,10-11H2,1-3H3,(H,17,20)/p+1. The van der Waals surface area contributed by atoms with E-state index >= 15 is 0 Å². The number of carbonyl (C=O) groups excluding carboxylic acids is 2. The number of rotatable bonds is 7. The third kappa shape index (κ3) is 6.01. The first kappa shape index (κ1) is 17.9. The van der Waals surface area contributed by atoms with Gasteiger partial charge in [0.2, 0.25) is 0 Å². The number of anilines is 1. The first-order valence-electron chi connectivity index (χ1n) is 7.11. The molecule has 0 aromatic heterocycles. The highest BCUT2D eigenvalue weighted by molar-refractivity contribution is 14.1. The van der Waals surface area contributed by atoms with E-state index in [4.69, 9.17) is 0 Å². The minimum absolute atomic E-state index is 0.0797. The molecule has 5 nitrogen and oxygen atoms in total. The summed E-state index contributed by atoms with van der Waals surface area (Å²) in [7, 11) is 1.86. The van der Waals surface area contributed by atoms with Crippen LogP contribution in [-0.2, 0) is 9.59 Å². The molecule has 0 heterocycles. The number of likely N-dealkylation sites (N-methyl/N-ethyl adjacent to an activating group) is 2. The van der Waals surface area contributed by atoms with Crippen molar-refractivity contribution in [1.29, 1.82) is 0 Å². The Bertz CT molecular complexity index is 490. The molecule has 2 N–H and O–H groups in total. The number of carbonyl (C=O) groups is 2. The molecule has 0 spiro atoms. The smallest absolute Gasteiger partial charge is 0.279 e. The number of para-hydroxylation sites is 1. The van der Waals surface area contributed by atoms with E-state index in [0.29, 0.717) is 19.6 Å². The number of quaternary nitrogens is 1. The van der Waals surface area contributed by atoms with Gasteiger partial charge < -0.3 is 15.1 Å². The van der Waals surface area contributed by atoms with Gasteiger partial charge in [-0.3, -0.25) is 9.59 Å². The normalized spacial score (nSPS) is 11.8. The van der Waals surface area contributed by atoms with Crippen molar-refractivity contribution in [2.45, 2.75) is 13.8 Å². The summed E-state index contributed by atoms with van der Waals surface area (Å²) >= 11 is 2.18. The maximum absolute atomic E-state index is 12.0. The van der Waals surface area contributed by atoms with Gasteiger partial charge in [0, 0.05) is 16.7 Å². The van der Waals surface area contributed by atoms with Gasteiger partial charge in [-0.15, -0.1) is 0 Å². The SMILES string of the molecule is CCN(CC)C(=O)C[NH+](C)CC(=O)Nc1ccccc1I. The lowest BCUT2D eigenvalue weighted by Gasteiger charge is -2.21. The van der Waals surface area contributed by atoms with E-state index in [-0.39, 0.29) is 18.4 Å². The molecule has 1 aromatic carbocycles. The highest BCUT2D eigenvalue weighted by atomic mass is 127. The monoisotopic (exact) mass is 404 g/mol. The minimum atomic E-state index is -0.0797. The van der Waals surface area contributed by atoms with E-state index < -0.39 is 0 Å². The second-order valence-electron chi connectivity index (χ2n) is 4.90. The molecule has 0 saturated carbocycles. The van der Waals surface area contributed by atoms with Crippen LogP contribution in [0.2, 0.25) is 0 Å². The molecule has 1 atom stereocenters. The lowest BCUT2D eigenvalue weighted by Crippen LogP contribution is -3.11. The van der Waals surface area contributed by atoms with Crippen LogP contribution in [0.25, 0.3) is 0 Å². The van der Waals surface area contributed by atoms with Gasteiger partial charge in [-0.1, -0.05) is 12.1 Å². The molecule has 1 rings (SSSR count). The first-order chi connectivity index (χ1) is 9.97. The zero-order chi connectivity index (χ0) is 15.8. The van der Waals surface area contributed by atoms with Crippen molar-refractivity contribution in [3.8, 4) is 0 Å². The van der Waals surface area contributed by atoms with Crippen molar-refractivity contribution in [2.75, 3.05) is 38.5 Å². The van der Waals surface area contributed by atoms with Crippen molar-refractivity contribution >= 4 is 40.1 Å². The predicted molar refractivity (Wildman–Crippen MR) is 92.3 cm³/mol. The third-order valence-electron chi connectivity index (χ3n) is 3.18. The Hall–Kier alpha value is -1.15. The predicted octanol–water partition coefficient (Wildman–Crippen LogP) is 0.613. The summed E-state index contributed by atoms with van der Waals surface area (Å²) in [6.07, 6.45) is 0. The summed E-state index contributed by atoms with van der Waals surface area (Å²) in [5.74, 6) is 0.00329. The van der Waals surface area contributed by atoms with E-state index in [1.54, 1.807) is 4.90 Å². The molecule has 116 valence electrons. The Kier molecular flexibility index (Phi) is 7.66. The summed E-state index contributed by atoms with van der Waals surface area (Å²) < 4.78 is 1.00. The molecule has 6 heteroatoms. The topological polar surface area (TPSA) is 53.9 Å². The fourth-order valence-corrected chi connectivity index (χ4v) is 2.56. The van der Waals surface area contributed by atoms with E-state index in [9.17, 15) is 9.59 Å². The molecule has 0 bridgehead atoms. The quantitative estimate of drug-likeness (QED) is 0.655. The van der Waals surface area contributed by atoms with E-state index in [1.807, 2.05) is 45.2 Å². The molecule has 0 aliphatic carbocycles. The van der Waals surface area contributed by atoms with Crippen LogP contribution >= 0.6 is 22.6 Å². The Morgan fingerprint density at radius 1 is 1.19 bits per heavy atom. The van der Waals surface area contributed by atoms with Gasteiger partial charge in [0.1, 0.15) is 0 Å². The van der Waals surface area contributed by atoms with Crippen LogP contribution in [0, 0.1) is 3.57 Å². The summed E-state index contributed by atoms with van der Waals surface area (Å²) in [6.45, 7) is 5.94. The molecular weight excluding hydrogens is 381 g/mol. The molecule has 1 aromatic rings. The number of hydrogen-bond donors (Lipinski definition) is 2. The Morgan fingerprint density at radius 3 is 2.38 bits per heavy atom. The lowest BCUT2D eigenvalue weighted by molar-refractivity contribution is -0.862. The number of halogens is 1. The summed E-state index contributed by atoms with van der Waals surface area (Å²) in [6, 6.07) is 7.63. The van der Waals surface area contributed by atoms with Crippen LogP contribution in [-0.4, -0.2) is 49.9 Å². The molecule has 0 fully saturated rings. The fraction of sp³-hybridized carbons (Fsp3) is 0.467. The number of amides is 2. The average Bonchev–Trinajstić information content (AvgIpc) is 2.42. The lowest BCUT2D eigenvalue weighted by atomic mass is 10.3. The Morgan fingerprint density at radius 2 is 1.81 bits per heavy atom. The zero-order valence-corrected chi connectivity index (χ0v) is 14.9. The second kappa shape index (κ2) is 8.99. The van der Waals surface area contributed by atoms with Gasteiger partial charge >= 0.3 is 0 Å². The molecule has 0 aliphatic rings. The first-order valence-corrected chi connectivity index (χ1v) is 8.19. The van der Waals surface area contributed by atoms with Gasteiger partial charge in [0.25, 0.3) is 11.8 Å². The highest BCUT2D eigenvalue weighted by Crippen LogP contribution is 2.16. The molecule has 2 amide bonds. The van der Waals surface area contributed by atoms with Crippen molar-refractivity contribution in [1.82, 2.24) is 4.90 Å². The van der Waals surface area contributed by atoms with Crippen molar-refractivity contribution in [3.63, 3.8) is 0 Å². The van der Waals surface area contributed by atoms with E-state index in [2.05, 4.69) is 27.9 Å². The largest absolute Gasteiger partial charge is 0.338 e. The van der Waals surface area contributed by atoms with E-state index in [1.165, 1.54) is 0 Å². The van der Waals surface area contributed by atoms with Gasteiger partial charge in [0.15, 0.2) is 13.1 Å². The van der Waals surface area contributed by atoms with Crippen LogP contribution in [0.5, 0.6) is 0 Å². The van der Waals surface area contributed by atoms with Crippen LogP contribution in [0.15, 0.2) is 24.3 Å². The highest BCUT2D eigenvalue weighted by Gasteiger charge is 2.18. The number of hydrogen-bond acceptors (Lipinski definition) is 2. The van der Waals surface area contributed by atoms with Gasteiger partial charge in [-0.05, 0) is 48.6 Å². The number of nitrogens with zero attached hydrogens (tertiary/aromatic N) is 1. The van der Waals surface area contributed by atoms with Crippen molar-refractivity contribution in [3.05, 3.63) is 27.8 Å². The molecule has 0 aliphatic heterocycles. The summed E-state index contributed by atoms with van der Waals surface area (Å²) in [4.78, 5) is 26.7. The summed E-state index contributed by atoms with van der Waals surface area (Å²) in [5, 5.41) is 2.88. The fourth-order valence-electron chi connectivity index (χ4n) is 2.04. The van der Waals surface area contributed by atoms with Crippen molar-refractivity contribution < 1.29 is 14.5 Å². The van der Waals surface area contributed by atoms with Gasteiger partial charge in [-0.2, -0.15) is 0 Å². The summed E-state index contributed by atoms with van der Waals surface area (Å²) in [5.41, 5.74) is 0.811. The average molecular weight is 404 g/mol. The second-order valence-corrected chi connectivity index (χ2v) is 6.07. The van der Waals surface area contributed by atoms with Crippen LogP contribution in [0.1, 0.15) is 13.8 Å². The zero-order valence-electron chi connectivity index (χ0n) is 12.8. The van der Waals surface area contributed by atoms with Gasteiger partial charge in [0.05, 0.1) is 12.7 Å². The molecule has 1 unspecified atom stereocenters. The molecule has 21 heavy (non-hydrogen) atoms. The maximum Gasteiger partial charge on any atom is 0.279 e. The molecular formula is C15H23IN3O2+. The van der Waals surface area contributed by atoms with E-state index in [0.717, 1.165) is 14.2 Å².